The maximum Gasteiger partial charge on any atom is 0.228 e. The number of carbonyl (C=O) groups is 2. The predicted molar refractivity (Wildman–Crippen MR) is 62.7 cm³/mol. The van der Waals surface area contributed by atoms with Gasteiger partial charge in [-0.3, -0.25) is 14.5 Å². The number of ketones is 1. The normalized spacial score (nSPS) is 24.0. The van der Waals surface area contributed by atoms with Crippen molar-refractivity contribution in [2.45, 2.75) is 23.8 Å². The van der Waals surface area contributed by atoms with E-state index in [1.807, 2.05) is 24.3 Å². The Morgan fingerprint density at radius 1 is 1.19 bits per heavy atom. The van der Waals surface area contributed by atoms with Crippen LogP contribution in [0, 0.1) is 0 Å². The topological polar surface area (TPSA) is 37.4 Å². The smallest absolute Gasteiger partial charge is 0.228 e. The summed E-state index contributed by atoms with van der Waals surface area (Å²) in [6, 6.07) is 7.56. The average Bonchev–Trinajstić information content (AvgIpc) is 2.33. The molecule has 1 atom stereocenters. The van der Waals surface area contributed by atoms with Crippen molar-refractivity contribution < 1.29 is 9.59 Å². The number of carbonyl (C=O) groups excluding carboxylic acids is 2. The fourth-order valence-electron chi connectivity index (χ4n) is 2.25. The number of benzene rings is 1. The second-order valence-corrected chi connectivity index (χ2v) is 5.09. The van der Waals surface area contributed by atoms with Crippen LogP contribution in [0.25, 0.3) is 0 Å². The van der Waals surface area contributed by atoms with Crippen molar-refractivity contribution >= 4 is 29.1 Å². The van der Waals surface area contributed by atoms with Gasteiger partial charge in [0.25, 0.3) is 0 Å². The Morgan fingerprint density at radius 3 is 2.88 bits per heavy atom. The van der Waals surface area contributed by atoms with E-state index in [4.69, 9.17) is 0 Å². The highest BCUT2D eigenvalue weighted by Crippen LogP contribution is 2.39. The van der Waals surface area contributed by atoms with Crippen LogP contribution in [0.3, 0.4) is 0 Å². The first-order valence-electron chi connectivity index (χ1n) is 5.34. The average molecular weight is 233 g/mol. The third-order valence-corrected chi connectivity index (χ3v) is 4.20. The zero-order chi connectivity index (χ0) is 11.1. The Morgan fingerprint density at radius 2 is 2.00 bits per heavy atom. The lowest BCUT2D eigenvalue weighted by molar-refractivity contribution is -0.129. The minimum Gasteiger partial charge on any atom is -0.300 e. The van der Waals surface area contributed by atoms with E-state index in [1.54, 1.807) is 16.7 Å². The molecule has 0 aliphatic carbocycles. The van der Waals surface area contributed by atoms with Crippen LogP contribution in [0.1, 0.15) is 12.8 Å². The van der Waals surface area contributed by atoms with Crippen LogP contribution in [0.2, 0.25) is 0 Å². The molecule has 4 heteroatoms. The molecule has 1 amide bonds. The Kier molecular flexibility index (Phi) is 2.24. The van der Waals surface area contributed by atoms with Crippen LogP contribution in [-0.2, 0) is 9.59 Å². The van der Waals surface area contributed by atoms with Gasteiger partial charge in [0.15, 0.2) is 5.78 Å². The number of fused-ring (bicyclic) bond motifs is 3. The molecule has 0 spiro atoms. The van der Waals surface area contributed by atoms with Crippen LogP contribution in [-0.4, -0.2) is 23.5 Å². The van der Waals surface area contributed by atoms with Crippen LogP contribution in [0.4, 0.5) is 5.69 Å². The van der Waals surface area contributed by atoms with E-state index in [0.717, 1.165) is 10.6 Å². The van der Waals surface area contributed by atoms with Gasteiger partial charge in [0, 0.05) is 23.5 Å². The van der Waals surface area contributed by atoms with Gasteiger partial charge in [-0.25, -0.2) is 0 Å². The molecule has 0 aromatic heterocycles. The molecule has 1 aromatic rings. The molecule has 16 heavy (non-hydrogen) atoms. The van der Waals surface area contributed by atoms with Gasteiger partial charge in [-0.2, -0.15) is 0 Å². The summed E-state index contributed by atoms with van der Waals surface area (Å²) in [5.41, 5.74) is 0.904. The second kappa shape index (κ2) is 3.63. The highest BCUT2D eigenvalue weighted by atomic mass is 32.2. The van der Waals surface area contributed by atoms with Gasteiger partial charge in [0.05, 0.1) is 5.69 Å². The lowest BCUT2D eigenvalue weighted by atomic mass is 10.00. The molecule has 1 unspecified atom stereocenters. The Labute approximate surface area is 97.8 Å². The fraction of sp³-hybridized carbons (Fsp3) is 0.333. The third-order valence-electron chi connectivity index (χ3n) is 3.06. The number of thioether (sulfide) groups is 1. The largest absolute Gasteiger partial charge is 0.300 e. The molecule has 2 aliphatic rings. The van der Waals surface area contributed by atoms with Crippen molar-refractivity contribution in [3.8, 4) is 0 Å². The number of hydrogen-bond donors (Lipinski definition) is 0. The molecule has 1 fully saturated rings. The molecule has 2 aliphatic heterocycles. The zero-order valence-electron chi connectivity index (χ0n) is 8.68. The number of Topliss-reactive ketones (excluding diaryl/α,β-unsaturated/α-hetero) is 1. The van der Waals surface area contributed by atoms with Crippen LogP contribution < -0.4 is 4.90 Å². The molecular weight excluding hydrogens is 222 g/mol. The van der Waals surface area contributed by atoms with Gasteiger partial charge < -0.3 is 0 Å². The number of piperidine rings is 1. The monoisotopic (exact) mass is 233 g/mol. The van der Waals surface area contributed by atoms with Crippen LogP contribution in [0.15, 0.2) is 29.2 Å². The Balaban J connectivity index is 2.09. The highest BCUT2D eigenvalue weighted by Gasteiger charge is 2.38. The molecule has 1 saturated heterocycles. The number of nitrogens with zero attached hydrogens (tertiary/aromatic N) is 1. The standard InChI is InChI=1S/C12H11NO2S/c14-10-5-6-12(15)13-8-3-1-2-4-11(8)16-7-9(10)13/h1-4,9H,5-7H2. The van der Waals surface area contributed by atoms with Crippen molar-refractivity contribution in [1.82, 2.24) is 0 Å². The van der Waals surface area contributed by atoms with E-state index in [1.165, 1.54) is 0 Å². The highest BCUT2D eigenvalue weighted by molar-refractivity contribution is 7.99. The maximum atomic E-state index is 11.9. The number of para-hydroxylation sites is 1. The first kappa shape index (κ1) is 9.90. The van der Waals surface area contributed by atoms with E-state index in [9.17, 15) is 9.59 Å². The molecule has 1 aromatic carbocycles. The third kappa shape index (κ3) is 1.37. The van der Waals surface area contributed by atoms with E-state index < -0.39 is 0 Å². The lowest BCUT2D eigenvalue weighted by Gasteiger charge is -2.38. The lowest BCUT2D eigenvalue weighted by Crippen LogP contribution is -2.52. The summed E-state index contributed by atoms with van der Waals surface area (Å²) in [6.45, 7) is 0. The van der Waals surface area contributed by atoms with Gasteiger partial charge in [0.1, 0.15) is 6.04 Å². The maximum absolute atomic E-state index is 11.9. The first-order valence-corrected chi connectivity index (χ1v) is 6.32. The SMILES string of the molecule is O=C1CCC(=O)N2c3ccccc3SCC12. The summed E-state index contributed by atoms with van der Waals surface area (Å²) in [4.78, 5) is 26.5. The number of amides is 1. The molecule has 0 saturated carbocycles. The molecule has 0 radical (unpaired) electrons. The first-order chi connectivity index (χ1) is 7.77. The number of rotatable bonds is 0. The van der Waals surface area contributed by atoms with E-state index in [0.29, 0.717) is 18.6 Å². The minimum atomic E-state index is -0.235. The number of hydrogen-bond acceptors (Lipinski definition) is 3. The van der Waals surface area contributed by atoms with E-state index in [2.05, 4.69) is 0 Å². The fourth-order valence-corrected chi connectivity index (χ4v) is 3.41. The van der Waals surface area contributed by atoms with Gasteiger partial charge in [-0.15, -0.1) is 11.8 Å². The van der Waals surface area contributed by atoms with Crippen molar-refractivity contribution in [1.29, 1.82) is 0 Å². The minimum absolute atomic E-state index is 0.0809. The van der Waals surface area contributed by atoms with E-state index >= 15 is 0 Å². The van der Waals surface area contributed by atoms with Crippen molar-refractivity contribution in [3.63, 3.8) is 0 Å². The second-order valence-electron chi connectivity index (χ2n) is 4.02. The van der Waals surface area contributed by atoms with Gasteiger partial charge in [0.2, 0.25) is 5.91 Å². The molecular formula is C12H11NO2S. The summed E-state index contributed by atoms with van der Waals surface area (Å²) >= 11 is 1.67. The molecule has 3 rings (SSSR count). The molecule has 3 nitrogen and oxygen atoms in total. The Hall–Kier alpha value is -1.29. The summed E-state index contributed by atoms with van der Waals surface area (Å²) in [7, 11) is 0. The summed E-state index contributed by atoms with van der Waals surface area (Å²) in [6.07, 6.45) is 0.761. The van der Waals surface area contributed by atoms with Crippen molar-refractivity contribution in [2.24, 2.45) is 0 Å². The van der Waals surface area contributed by atoms with Crippen molar-refractivity contribution in [2.75, 3.05) is 10.7 Å². The van der Waals surface area contributed by atoms with Gasteiger partial charge >= 0.3 is 0 Å². The number of anilines is 1. The van der Waals surface area contributed by atoms with Gasteiger partial charge in [-0.05, 0) is 12.1 Å². The molecule has 0 bridgehead atoms. The molecule has 0 N–H and O–H groups in total. The van der Waals surface area contributed by atoms with Crippen LogP contribution >= 0.6 is 11.8 Å². The zero-order valence-corrected chi connectivity index (χ0v) is 9.50. The van der Waals surface area contributed by atoms with Crippen molar-refractivity contribution in [3.05, 3.63) is 24.3 Å². The summed E-state index contributed by atoms with van der Waals surface area (Å²) in [5, 5.41) is 0. The van der Waals surface area contributed by atoms with Crippen LogP contribution in [0.5, 0.6) is 0 Å². The molecule has 82 valence electrons. The Bertz CT molecular complexity index is 472. The van der Waals surface area contributed by atoms with Gasteiger partial charge in [-0.1, -0.05) is 12.1 Å². The predicted octanol–water partition coefficient (Wildman–Crippen LogP) is 1.86. The quantitative estimate of drug-likeness (QED) is 0.686. The summed E-state index contributed by atoms with van der Waals surface area (Å²) in [5.74, 6) is 0.973. The summed E-state index contributed by atoms with van der Waals surface area (Å²) < 4.78 is 0. The molecule has 2 heterocycles. The van der Waals surface area contributed by atoms with E-state index in [-0.39, 0.29) is 17.7 Å².